The Labute approximate surface area is 59.0 Å². The largest absolute Gasteiger partial charge is 0.481 e. The number of carboxylic acids is 1. The highest BCUT2D eigenvalue weighted by molar-refractivity contribution is 5.66. The monoisotopic (exact) mass is 149 g/mol. The van der Waals surface area contributed by atoms with Gasteiger partial charge in [-0.05, 0) is 13.3 Å². The first kappa shape index (κ1) is 9.36. The lowest BCUT2D eigenvalue weighted by Gasteiger charge is -2.09. The molecule has 0 aliphatic rings. The Balaban J connectivity index is 3.39. The molecule has 0 heterocycles. The molecule has 0 amide bonds. The second-order valence-electron chi connectivity index (χ2n) is 2.27. The average Bonchev–Trinajstić information content (AvgIpc) is 1.82. The number of alkyl halides is 1. The highest BCUT2D eigenvalue weighted by atomic mass is 19.1. The van der Waals surface area contributed by atoms with Crippen LogP contribution < -0.4 is 5.73 Å². The zero-order chi connectivity index (χ0) is 8.15. The number of rotatable bonds is 4. The Morgan fingerprint density at radius 1 is 1.80 bits per heavy atom. The highest BCUT2D eigenvalue weighted by Crippen LogP contribution is 2.02. The Hall–Kier alpha value is -0.640. The molecule has 10 heavy (non-hydrogen) atoms. The molecule has 4 heteroatoms. The number of hydrogen-bond acceptors (Lipinski definition) is 2. The summed E-state index contributed by atoms with van der Waals surface area (Å²) in [7, 11) is 0. The summed E-state index contributed by atoms with van der Waals surface area (Å²) >= 11 is 0. The molecule has 0 aliphatic carbocycles. The van der Waals surface area contributed by atoms with Crippen molar-refractivity contribution >= 4 is 5.97 Å². The first-order valence-corrected chi connectivity index (χ1v) is 3.15. The molecule has 3 N–H and O–H groups in total. The highest BCUT2D eigenvalue weighted by Gasteiger charge is 2.11. The predicted octanol–water partition coefficient (Wildman–Crippen LogP) is 0.536. The van der Waals surface area contributed by atoms with Gasteiger partial charge in [-0.3, -0.25) is 4.79 Å². The number of hydrogen-bond donors (Lipinski definition) is 2. The molecular weight excluding hydrogens is 137 g/mol. The quantitative estimate of drug-likeness (QED) is 0.613. The zero-order valence-electron chi connectivity index (χ0n) is 5.88. The van der Waals surface area contributed by atoms with Gasteiger partial charge in [0.05, 0.1) is 0 Å². The van der Waals surface area contributed by atoms with E-state index in [1.807, 2.05) is 0 Å². The third-order valence-electron chi connectivity index (χ3n) is 1.28. The van der Waals surface area contributed by atoms with Crippen LogP contribution in [0.2, 0.25) is 0 Å². The molecule has 2 atom stereocenters. The maximum atomic E-state index is 12.2. The van der Waals surface area contributed by atoms with E-state index in [4.69, 9.17) is 10.8 Å². The van der Waals surface area contributed by atoms with Crippen LogP contribution in [0.1, 0.15) is 19.8 Å². The van der Waals surface area contributed by atoms with Gasteiger partial charge in [0, 0.05) is 12.5 Å². The van der Waals surface area contributed by atoms with E-state index in [1.54, 1.807) is 0 Å². The molecule has 0 aliphatic heterocycles. The fourth-order valence-electron chi connectivity index (χ4n) is 0.520. The summed E-state index contributed by atoms with van der Waals surface area (Å²) < 4.78 is 12.2. The van der Waals surface area contributed by atoms with Crippen LogP contribution in [-0.4, -0.2) is 23.3 Å². The Morgan fingerprint density at radius 2 is 2.30 bits per heavy atom. The topological polar surface area (TPSA) is 63.3 Å². The van der Waals surface area contributed by atoms with Gasteiger partial charge >= 0.3 is 5.97 Å². The van der Waals surface area contributed by atoms with E-state index in [-0.39, 0.29) is 12.8 Å². The summed E-state index contributed by atoms with van der Waals surface area (Å²) in [4.78, 5) is 9.95. The van der Waals surface area contributed by atoms with Gasteiger partial charge in [0.15, 0.2) is 0 Å². The molecule has 0 aromatic carbocycles. The van der Waals surface area contributed by atoms with Crippen molar-refractivity contribution in [2.24, 2.45) is 5.73 Å². The molecular formula is C6H12FNO2. The minimum absolute atomic E-state index is 0.0601. The molecule has 0 rings (SSSR count). The van der Waals surface area contributed by atoms with E-state index >= 15 is 0 Å². The van der Waals surface area contributed by atoms with Gasteiger partial charge in [0.2, 0.25) is 0 Å². The van der Waals surface area contributed by atoms with Crippen molar-refractivity contribution in [2.75, 3.05) is 0 Å². The van der Waals surface area contributed by atoms with Gasteiger partial charge in [0.25, 0.3) is 0 Å². The zero-order valence-corrected chi connectivity index (χ0v) is 5.88. The summed E-state index contributed by atoms with van der Waals surface area (Å²) in [5, 5.41) is 8.17. The van der Waals surface area contributed by atoms with Crippen LogP contribution in [-0.2, 0) is 4.79 Å². The van der Waals surface area contributed by atoms with Crippen molar-refractivity contribution < 1.29 is 14.3 Å². The third-order valence-corrected chi connectivity index (χ3v) is 1.28. The summed E-state index contributed by atoms with van der Waals surface area (Å²) in [6, 6.07) is -0.643. The molecule has 0 spiro atoms. The van der Waals surface area contributed by atoms with Gasteiger partial charge < -0.3 is 10.8 Å². The lowest BCUT2D eigenvalue weighted by Crippen LogP contribution is -2.29. The van der Waals surface area contributed by atoms with Crippen LogP contribution in [0.25, 0.3) is 0 Å². The minimum Gasteiger partial charge on any atom is -0.481 e. The van der Waals surface area contributed by atoms with Crippen LogP contribution in [0, 0.1) is 0 Å². The normalized spacial score (nSPS) is 16.3. The first-order chi connectivity index (χ1) is 4.54. The maximum absolute atomic E-state index is 12.2. The molecule has 0 fully saturated rings. The van der Waals surface area contributed by atoms with Gasteiger partial charge in [-0.2, -0.15) is 0 Å². The molecule has 0 aromatic heterocycles. The van der Waals surface area contributed by atoms with E-state index in [2.05, 4.69) is 0 Å². The number of carbonyl (C=O) groups is 1. The van der Waals surface area contributed by atoms with E-state index in [0.717, 1.165) is 0 Å². The van der Waals surface area contributed by atoms with Gasteiger partial charge in [-0.25, -0.2) is 4.39 Å². The molecule has 60 valence electrons. The number of carboxylic acid groups (broad SMARTS) is 1. The first-order valence-electron chi connectivity index (χ1n) is 3.15. The van der Waals surface area contributed by atoms with Crippen LogP contribution in [0.3, 0.4) is 0 Å². The third kappa shape index (κ3) is 4.26. The Bertz CT molecular complexity index is 116. The fourth-order valence-corrected chi connectivity index (χ4v) is 0.520. The van der Waals surface area contributed by atoms with Crippen molar-refractivity contribution in [2.45, 2.75) is 32.0 Å². The van der Waals surface area contributed by atoms with Gasteiger partial charge in [-0.15, -0.1) is 0 Å². The lowest BCUT2D eigenvalue weighted by molar-refractivity contribution is -0.137. The maximum Gasteiger partial charge on any atom is 0.303 e. The van der Waals surface area contributed by atoms with Gasteiger partial charge in [-0.1, -0.05) is 0 Å². The van der Waals surface area contributed by atoms with E-state index in [0.29, 0.717) is 0 Å². The van der Waals surface area contributed by atoms with Crippen LogP contribution in [0.4, 0.5) is 4.39 Å². The van der Waals surface area contributed by atoms with Crippen LogP contribution >= 0.6 is 0 Å². The summed E-state index contributed by atoms with van der Waals surface area (Å²) in [5.41, 5.74) is 5.23. The summed E-state index contributed by atoms with van der Waals surface area (Å²) in [6.07, 6.45) is -0.984. The van der Waals surface area contributed by atoms with Crippen LogP contribution in [0.15, 0.2) is 0 Å². The fraction of sp³-hybridized carbons (Fsp3) is 0.833. The molecule has 3 nitrogen and oxygen atoms in total. The lowest BCUT2D eigenvalue weighted by atomic mass is 10.1. The van der Waals surface area contributed by atoms with Crippen molar-refractivity contribution in [1.29, 1.82) is 0 Å². The van der Waals surface area contributed by atoms with E-state index in [1.165, 1.54) is 6.92 Å². The summed E-state index contributed by atoms with van der Waals surface area (Å²) in [5.74, 6) is -0.934. The van der Waals surface area contributed by atoms with Crippen molar-refractivity contribution in [3.05, 3.63) is 0 Å². The predicted molar refractivity (Wildman–Crippen MR) is 35.4 cm³/mol. The minimum atomic E-state index is -1.13. The van der Waals surface area contributed by atoms with Crippen LogP contribution in [0.5, 0.6) is 0 Å². The molecule has 0 aromatic rings. The molecule has 0 saturated carbocycles. The van der Waals surface area contributed by atoms with E-state index < -0.39 is 18.2 Å². The second kappa shape index (κ2) is 4.22. The van der Waals surface area contributed by atoms with Crippen molar-refractivity contribution in [3.63, 3.8) is 0 Å². The number of aliphatic carboxylic acids is 1. The molecule has 0 unspecified atom stereocenters. The second-order valence-corrected chi connectivity index (χ2v) is 2.27. The molecule has 0 saturated heterocycles. The SMILES string of the molecule is C[C@@H](F)[C@H](N)CCC(=O)O. The van der Waals surface area contributed by atoms with Crippen molar-refractivity contribution in [3.8, 4) is 0 Å². The molecule has 0 bridgehead atoms. The average molecular weight is 149 g/mol. The van der Waals surface area contributed by atoms with E-state index in [9.17, 15) is 9.18 Å². The Morgan fingerprint density at radius 3 is 2.60 bits per heavy atom. The summed E-state index contributed by atoms with van der Waals surface area (Å²) in [6.45, 7) is 1.33. The smallest absolute Gasteiger partial charge is 0.303 e. The Kier molecular flexibility index (Phi) is 3.95. The van der Waals surface area contributed by atoms with Gasteiger partial charge in [0.1, 0.15) is 6.17 Å². The molecule has 0 radical (unpaired) electrons. The number of nitrogens with two attached hydrogens (primary N) is 1. The standard InChI is InChI=1S/C6H12FNO2/c1-4(7)5(8)2-3-6(9)10/h4-5H,2-3,8H2,1H3,(H,9,10)/t4-,5-/m1/s1. The number of halogens is 1. The van der Waals surface area contributed by atoms with Crippen molar-refractivity contribution in [1.82, 2.24) is 0 Å².